The lowest BCUT2D eigenvalue weighted by molar-refractivity contribution is 0.00451. The molecule has 1 atom stereocenters. The molecule has 0 fully saturated rings. The molecule has 3 rings (SSSR count). The van der Waals surface area contributed by atoms with Crippen LogP contribution in [0.1, 0.15) is 16.1 Å². The summed E-state index contributed by atoms with van der Waals surface area (Å²) in [6.45, 7) is 2.31. The highest BCUT2D eigenvalue weighted by atomic mass is 32.2. The minimum absolute atomic E-state index is 0.00199. The van der Waals surface area contributed by atoms with Crippen molar-refractivity contribution in [1.82, 2.24) is 14.7 Å². The molecular weight excluding hydrogens is 498 g/mol. The normalized spacial score (nSPS) is 11.9. The average molecular weight is 530 g/mol. The van der Waals surface area contributed by atoms with Crippen molar-refractivity contribution in [2.45, 2.75) is 11.5 Å². The highest BCUT2D eigenvalue weighted by molar-refractivity contribution is 7.89. The molecule has 0 saturated carbocycles. The van der Waals surface area contributed by atoms with Crippen LogP contribution in [0.25, 0.3) is 11.3 Å². The highest BCUT2D eigenvalue weighted by Crippen LogP contribution is 2.21. The SMILES string of the molecule is CN[S+]([O-])c1ccc(-c2cnc(N)c(C(=O)Nc3cccc(COCCOCCOCCO)c3)n2)cc1. The van der Waals surface area contributed by atoms with Crippen LogP contribution in [0.4, 0.5) is 11.5 Å². The van der Waals surface area contributed by atoms with Gasteiger partial charge in [-0.15, -0.1) is 4.72 Å². The summed E-state index contributed by atoms with van der Waals surface area (Å²) in [6, 6.07) is 14.2. The van der Waals surface area contributed by atoms with E-state index in [9.17, 15) is 9.35 Å². The van der Waals surface area contributed by atoms with E-state index in [1.807, 2.05) is 12.1 Å². The Balaban J connectivity index is 1.55. The third-order valence-corrected chi connectivity index (χ3v) is 6.07. The molecule has 1 unspecified atom stereocenters. The van der Waals surface area contributed by atoms with E-state index in [1.165, 1.54) is 6.20 Å². The van der Waals surface area contributed by atoms with Crippen molar-refractivity contribution >= 4 is 28.8 Å². The second-order valence-corrected chi connectivity index (χ2v) is 9.06. The predicted octanol–water partition coefficient (Wildman–Crippen LogP) is 1.76. The quantitative estimate of drug-likeness (QED) is 0.168. The lowest BCUT2D eigenvalue weighted by atomic mass is 10.1. The van der Waals surface area contributed by atoms with Gasteiger partial charge in [-0.05, 0) is 42.0 Å². The van der Waals surface area contributed by atoms with E-state index in [0.29, 0.717) is 61.5 Å². The lowest BCUT2D eigenvalue weighted by Crippen LogP contribution is -2.18. The van der Waals surface area contributed by atoms with E-state index in [0.717, 1.165) is 5.56 Å². The molecular formula is C25H31N5O6S. The Morgan fingerprint density at radius 3 is 2.46 bits per heavy atom. The molecule has 0 aliphatic carbocycles. The number of carbonyl (C=O) groups excluding carboxylic acids is 1. The number of nitrogens with zero attached hydrogens (tertiary/aromatic N) is 2. The van der Waals surface area contributed by atoms with E-state index in [-0.39, 0.29) is 18.1 Å². The zero-order chi connectivity index (χ0) is 26.5. The highest BCUT2D eigenvalue weighted by Gasteiger charge is 2.16. The lowest BCUT2D eigenvalue weighted by Gasteiger charge is -2.11. The van der Waals surface area contributed by atoms with E-state index in [4.69, 9.17) is 25.1 Å². The second kappa shape index (κ2) is 15.2. The Morgan fingerprint density at radius 1 is 1.05 bits per heavy atom. The van der Waals surface area contributed by atoms with Crippen LogP contribution in [-0.2, 0) is 32.2 Å². The second-order valence-electron chi connectivity index (χ2n) is 7.64. The van der Waals surface area contributed by atoms with E-state index >= 15 is 0 Å². The van der Waals surface area contributed by atoms with Gasteiger partial charge in [0.25, 0.3) is 5.91 Å². The topological polar surface area (TPSA) is 164 Å². The van der Waals surface area contributed by atoms with Gasteiger partial charge in [0.2, 0.25) is 0 Å². The number of rotatable bonds is 15. The van der Waals surface area contributed by atoms with Gasteiger partial charge in [0.15, 0.2) is 16.4 Å². The van der Waals surface area contributed by atoms with Crippen LogP contribution in [0.2, 0.25) is 0 Å². The van der Waals surface area contributed by atoms with Gasteiger partial charge in [-0.3, -0.25) is 4.79 Å². The van der Waals surface area contributed by atoms with Crippen molar-refractivity contribution < 1.29 is 28.7 Å². The van der Waals surface area contributed by atoms with Crippen LogP contribution < -0.4 is 15.8 Å². The van der Waals surface area contributed by atoms with Crippen molar-refractivity contribution in [3.8, 4) is 11.3 Å². The summed E-state index contributed by atoms with van der Waals surface area (Å²) in [6.07, 6.45) is 1.49. The maximum Gasteiger partial charge on any atom is 0.278 e. The molecule has 0 spiro atoms. The number of hydrogen-bond donors (Lipinski definition) is 4. The number of aromatic nitrogens is 2. The Labute approximate surface area is 218 Å². The van der Waals surface area contributed by atoms with Gasteiger partial charge < -0.3 is 34.9 Å². The first-order valence-corrected chi connectivity index (χ1v) is 12.7. The predicted molar refractivity (Wildman–Crippen MR) is 140 cm³/mol. The van der Waals surface area contributed by atoms with Gasteiger partial charge in [-0.2, -0.15) is 0 Å². The minimum Gasteiger partial charge on any atom is -0.593 e. The van der Waals surface area contributed by atoms with E-state index in [2.05, 4.69) is 20.0 Å². The first-order chi connectivity index (χ1) is 18.0. The van der Waals surface area contributed by atoms with Gasteiger partial charge in [-0.1, -0.05) is 12.1 Å². The van der Waals surface area contributed by atoms with Crippen molar-refractivity contribution in [2.24, 2.45) is 0 Å². The van der Waals surface area contributed by atoms with Gasteiger partial charge >= 0.3 is 0 Å². The Morgan fingerprint density at radius 2 is 1.76 bits per heavy atom. The number of ether oxygens (including phenoxy) is 3. The van der Waals surface area contributed by atoms with Crippen LogP contribution in [-0.4, -0.2) is 72.2 Å². The van der Waals surface area contributed by atoms with Crippen LogP contribution in [0.15, 0.2) is 59.6 Å². The van der Waals surface area contributed by atoms with Crippen molar-refractivity contribution in [1.29, 1.82) is 0 Å². The Kier molecular flexibility index (Phi) is 11.7. The van der Waals surface area contributed by atoms with Gasteiger partial charge in [0, 0.05) is 18.3 Å². The zero-order valence-electron chi connectivity index (χ0n) is 20.5. The number of nitrogens with two attached hydrogens (primary N) is 1. The molecule has 1 aromatic heterocycles. The third kappa shape index (κ3) is 9.05. The standard InChI is InChI=1S/C25H31N5O6S/c1-27-37(33)21-7-5-19(6-8-21)22-16-28-24(26)23(30-22)25(32)29-20-4-2-3-18(15-20)17-36-14-13-35-12-11-34-10-9-31/h2-8,15-16,27,31H,9-14,17H2,1H3,(H2,26,28)(H,29,32). The maximum atomic E-state index is 12.9. The molecule has 11 nitrogen and oxygen atoms in total. The minimum atomic E-state index is -1.30. The summed E-state index contributed by atoms with van der Waals surface area (Å²) >= 11 is -1.30. The number of benzene rings is 2. The smallest absolute Gasteiger partial charge is 0.278 e. The number of anilines is 2. The monoisotopic (exact) mass is 529 g/mol. The number of nitrogens with one attached hydrogen (secondary N) is 2. The molecule has 0 bridgehead atoms. The molecule has 5 N–H and O–H groups in total. The zero-order valence-corrected chi connectivity index (χ0v) is 21.3. The number of hydrogen-bond acceptors (Lipinski definition) is 10. The summed E-state index contributed by atoms with van der Waals surface area (Å²) in [5.41, 5.74) is 8.55. The first-order valence-electron chi connectivity index (χ1n) is 11.6. The largest absolute Gasteiger partial charge is 0.593 e. The third-order valence-electron chi connectivity index (χ3n) is 5.00. The molecule has 2 aromatic carbocycles. The molecule has 37 heavy (non-hydrogen) atoms. The van der Waals surface area contributed by atoms with Crippen molar-refractivity contribution in [3.05, 3.63) is 66.0 Å². The number of aliphatic hydroxyl groups is 1. The summed E-state index contributed by atoms with van der Waals surface area (Å²) in [4.78, 5) is 22.1. The fraction of sp³-hybridized carbons (Fsp3) is 0.320. The molecule has 1 amide bonds. The summed E-state index contributed by atoms with van der Waals surface area (Å²) < 4.78 is 30.7. The van der Waals surface area contributed by atoms with Crippen LogP contribution in [0, 0.1) is 0 Å². The average Bonchev–Trinajstić information content (AvgIpc) is 2.92. The van der Waals surface area contributed by atoms with Gasteiger partial charge in [-0.25, -0.2) is 9.97 Å². The van der Waals surface area contributed by atoms with E-state index < -0.39 is 17.3 Å². The number of aliphatic hydroxyl groups excluding tert-OH is 1. The number of nitrogen functional groups attached to an aromatic ring is 1. The fourth-order valence-corrected chi connectivity index (χ4v) is 3.81. The Bertz CT molecular complexity index is 1130. The van der Waals surface area contributed by atoms with Gasteiger partial charge in [0.1, 0.15) is 0 Å². The molecule has 0 radical (unpaired) electrons. The van der Waals surface area contributed by atoms with Crippen molar-refractivity contribution in [2.75, 3.05) is 57.7 Å². The molecule has 198 valence electrons. The van der Waals surface area contributed by atoms with Crippen LogP contribution in [0.3, 0.4) is 0 Å². The molecule has 0 aliphatic heterocycles. The molecule has 3 aromatic rings. The fourth-order valence-electron chi connectivity index (χ4n) is 3.20. The summed E-state index contributed by atoms with van der Waals surface area (Å²) in [5.74, 6) is -0.481. The van der Waals surface area contributed by atoms with E-state index in [1.54, 1.807) is 43.4 Å². The molecule has 1 heterocycles. The summed E-state index contributed by atoms with van der Waals surface area (Å²) in [7, 11) is 1.61. The van der Waals surface area contributed by atoms with Gasteiger partial charge in [0.05, 0.1) is 69.5 Å². The molecule has 12 heteroatoms. The van der Waals surface area contributed by atoms with Crippen molar-refractivity contribution in [3.63, 3.8) is 0 Å². The Hall–Kier alpha value is -3.10. The van der Waals surface area contributed by atoms with Crippen LogP contribution >= 0.6 is 0 Å². The maximum absolute atomic E-state index is 12.9. The van der Waals surface area contributed by atoms with Crippen LogP contribution in [0.5, 0.6) is 0 Å². The number of amides is 1. The molecule has 0 saturated heterocycles. The summed E-state index contributed by atoms with van der Waals surface area (Å²) in [5, 5.41) is 11.4. The number of carbonyl (C=O) groups is 1. The molecule has 0 aliphatic rings. The first kappa shape index (κ1) is 28.5.